The number of esters is 2. The van der Waals surface area contributed by atoms with Crippen LogP contribution in [0.4, 0.5) is 5.00 Å². The van der Waals surface area contributed by atoms with Crippen molar-refractivity contribution < 1.29 is 33.3 Å². The van der Waals surface area contributed by atoms with Crippen LogP contribution in [0.25, 0.3) is 0 Å². The lowest BCUT2D eigenvalue weighted by atomic mass is 10.1. The predicted molar refractivity (Wildman–Crippen MR) is 113 cm³/mol. The van der Waals surface area contributed by atoms with Crippen LogP contribution in [-0.4, -0.2) is 44.3 Å². The van der Waals surface area contributed by atoms with Gasteiger partial charge in [-0.05, 0) is 57.5 Å². The summed E-state index contributed by atoms with van der Waals surface area (Å²) in [6.45, 7) is 6.63. The van der Waals surface area contributed by atoms with Crippen molar-refractivity contribution in [2.75, 3.05) is 25.6 Å². The Bertz CT molecular complexity index is 903. The van der Waals surface area contributed by atoms with E-state index in [0.29, 0.717) is 17.1 Å². The van der Waals surface area contributed by atoms with Gasteiger partial charge in [-0.25, -0.2) is 9.59 Å². The summed E-state index contributed by atoms with van der Waals surface area (Å²) in [7, 11) is 1.55. The molecule has 0 aliphatic heterocycles. The van der Waals surface area contributed by atoms with Crippen LogP contribution < -0.4 is 14.8 Å². The second-order valence-electron chi connectivity index (χ2n) is 6.45. The van der Waals surface area contributed by atoms with Crippen molar-refractivity contribution in [1.82, 2.24) is 0 Å². The molecule has 0 unspecified atom stereocenters. The number of hydrogen-bond donors (Lipinski definition) is 1. The number of hydrogen-bond acceptors (Lipinski definition) is 8. The van der Waals surface area contributed by atoms with E-state index in [0.717, 1.165) is 11.3 Å². The van der Waals surface area contributed by atoms with Gasteiger partial charge in [-0.1, -0.05) is 0 Å². The van der Waals surface area contributed by atoms with Crippen LogP contribution in [0, 0.1) is 6.92 Å². The molecule has 9 heteroatoms. The predicted octanol–water partition coefficient (Wildman–Crippen LogP) is 3.82. The third-order valence-electron chi connectivity index (χ3n) is 3.84. The van der Waals surface area contributed by atoms with Crippen LogP contribution in [0.5, 0.6) is 11.5 Å². The van der Waals surface area contributed by atoms with Gasteiger partial charge in [0.15, 0.2) is 6.61 Å². The summed E-state index contributed by atoms with van der Waals surface area (Å²) in [5.74, 6) is -0.517. The minimum Gasteiger partial charge on any atom is -0.497 e. The number of carbonyl (C=O) groups is 3. The number of benzene rings is 1. The van der Waals surface area contributed by atoms with Crippen molar-refractivity contribution in [3.8, 4) is 11.5 Å². The van der Waals surface area contributed by atoms with Crippen molar-refractivity contribution in [1.29, 1.82) is 0 Å². The van der Waals surface area contributed by atoms with Gasteiger partial charge in [0, 0.05) is 0 Å². The highest BCUT2D eigenvalue weighted by Crippen LogP contribution is 2.34. The highest BCUT2D eigenvalue weighted by Gasteiger charge is 2.27. The molecule has 162 valence electrons. The molecule has 2 aromatic rings. The number of methoxy groups -OCH3 is 1. The molecule has 0 saturated carbocycles. The molecule has 0 atom stereocenters. The molecule has 0 radical (unpaired) electrons. The van der Waals surface area contributed by atoms with E-state index in [2.05, 4.69) is 5.32 Å². The summed E-state index contributed by atoms with van der Waals surface area (Å²) in [6, 6.07) is 6.76. The molecule has 1 N–H and O–H groups in total. The lowest BCUT2D eigenvalue weighted by Crippen LogP contribution is -2.21. The van der Waals surface area contributed by atoms with E-state index in [1.165, 1.54) is 0 Å². The number of thiophene rings is 1. The zero-order valence-corrected chi connectivity index (χ0v) is 18.4. The normalized spacial score (nSPS) is 10.5. The van der Waals surface area contributed by atoms with Crippen LogP contribution in [0.1, 0.15) is 46.4 Å². The van der Waals surface area contributed by atoms with Gasteiger partial charge in [-0.2, -0.15) is 0 Å². The van der Waals surface area contributed by atoms with E-state index >= 15 is 0 Å². The molecule has 1 aromatic carbocycles. The molecule has 1 amide bonds. The topological polar surface area (TPSA) is 100 Å². The number of anilines is 1. The van der Waals surface area contributed by atoms with E-state index in [9.17, 15) is 14.4 Å². The van der Waals surface area contributed by atoms with Gasteiger partial charge >= 0.3 is 11.9 Å². The zero-order valence-electron chi connectivity index (χ0n) is 17.6. The van der Waals surface area contributed by atoms with E-state index in [4.69, 9.17) is 18.9 Å². The Morgan fingerprint density at radius 3 is 2.27 bits per heavy atom. The first-order chi connectivity index (χ1) is 14.3. The van der Waals surface area contributed by atoms with Gasteiger partial charge in [0.1, 0.15) is 21.4 Å². The summed E-state index contributed by atoms with van der Waals surface area (Å²) >= 11 is 0.966. The summed E-state index contributed by atoms with van der Waals surface area (Å²) in [4.78, 5) is 37.4. The van der Waals surface area contributed by atoms with Gasteiger partial charge in [-0.3, -0.25) is 4.79 Å². The zero-order chi connectivity index (χ0) is 22.3. The van der Waals surface area contributed by atoms with Gasteiger partial charge < -0.3 is 24.3 Å². The fourth-order valence-corrected chi connectivity index (χ4v) is 3.59. The van der Waals surface area contributed by atoms with Crippen molar-refractivity contribution in [3.05, 3.63) is 40.3 Å². The minimum absolute atomic E-state index is 0.135. The summed E-state index contributed by atoms with van der Waals surface area (Å²) in [6.07, 6.45) is -0.319. The summed E-state index contributed by atoms with van der Waals surface area (Å²) in [5.41, 5.74) is 0.533. The molecule has 1 heterocycles. The highest BCUT2D eigenvalue weighted by molar-refractivity contribution is 7.18. The lowest BCUT2D eigenvalue weighted by molar-refractivity contribution is -0.118. The van der Waals surface area contributed by atoms with Crippen molar-refractivity contribution in [2.24, 2.45) is 0 Å². The fourth-order valence-electron chi connectivity index (χ4n) is 2.50. The first kappa shape index (κ1) is 23.2. The average Bonchev–Trinajstić information content (AvgIpc) is 3.02. The summed E-state index contributed by atoms with van der Waals surface area (Å²) in [5, 5.41) is 2.85. The minimum atomic E-state index is -0.624. The molecule has 0 fully saturated rings. The maximum Gasteiger partial charge on any atom is 0.348 e. The largest absolute Gasteiger partial charge is 0.497 e. The fraction of sp³-hybridized carbons (Fsp3) is 0.381. The highest BCUT2D eigenvalue weighted by atomic mass is 32.1. The van der Waals surface area contributed by atoms with Crippen LogP contribution in [0.15, 0.2) is 24.3 Å². The van der Waals surface area contributed by atoms with Crippen LogP contribution in [-0.2, 0) is 14.3 Å². The Balaban J connectivity index is 2.17. The van der Waals surface area contributed by atoms with Gasteiger partial charge in [-0.15, -0.1) is 11.3 Å². The maximum absolute atomic E-state index is 12.4. The second-order valence-corrected chi connectivity index (χ2v) is 7.47. The van der Waals surface area contributed by atoms with E-state index in [1.54, 1.807) is 59.1 Å². The smallest absolute Gasteiger partial charge is 0.348 e. The second kappa shape index (κ2) is 10.6. The average molecular weight is 435 g/mol. The van der Waals surface area contributed by atoms with E-state index in [1.807, 2.05) is 0 Å². The molecule has 0 aliphatic carbocycles. The molecule has 0 saturated heterocycles. The van der Waals surface area contributed by atoms with Crippen molar-refractivity contribution >= 4 is 34.2 Å². The molecule has 2 rings (SSSR count). The molecule has 0 aliphatic rings. The number of rotatable bonds is 9. The Hall–Kier alpha value is -3.07. The number of ether oxygens (including phenoxy) is 4. The van der Waals surface area contributed by atoms with Crippen LogP contribution in [0.2, 0.25) is 0 Å². The van der Waals surface area contributed by atoms with Crippen LogP contribution >= 0.6 is 11.3 Å². The standard InChI is InChI=1S/C21H25NO7S/c1-6-27-20(24)17-13(4)18(21(25)29-12(2)3)30-19(17)22-16(23)11-28-15-9-7-14(26-5)8-10-15/h7-10,12H,6,11H2,1-5H3,(H,22,23). The number of amides is 1. The Morgan fingerprint density at radius 2 is 1.70 bits per heavy atom. The molecule has 0 bridgehead atoms. The van der Waals surface area contributed by atoms with Gasteiger partial charge in [0.25, 0.3) is 5.91 Å². The molecule has 0 spiro atoms. The van der Waals surface area contributed by atoms with Crippen molar-refractivity contribution in [2.45, 2.75) is 33.8 Å². The van der Waals surface area contributed by atoms with E-state index in [-0.39, 0.29) is 34.8 Å². The Morgan fingerprint density at radius 1 is 1.07 bits per heavy atom. The third-order valence-corrected chi connectivity index (χ3v) is 5.02. The third kappa shape index (κ3) is 5.96. The molecule has 30 heavy (non-hydrogen) atoms. The lowest BCUT2D eigenvalue weighted by Gasteiger charge is -2.09. The SMILES string of the molecule is CCOC(=O)c1c(NC(=O)COc2ccc(OC)cc2)sc(C(=O)OC(C)C)c1C. The first-order valence-electron chi connectivity index (χ1n) is 9.35. The maximum atomic E-state index is 12.4. The van der Waals surface area contributed by atoms with Crippen molar-refractivity contribution in [3.63, 3.8) is 0 Å². The number of carbonyl (C=O) groups excluding carboxylic acids is 3. The van der Waals surface area contributed by atoms with Gasteiger partial charge in [0.2, 0.25) is 0 Å². The Labute approximate surface area is 179 Å². The quantitative estimate of drug-likeness (QED) is 0.598. The summed E-state index contributed by atoms with van der Waals surface area (Å²) < 4.78 is 20.8. The first-order valence-corrected chi connectivity index (χ1v) is 10.2. The molecular formula is C21H25NO7S. The van der Waals surface area contributed by atoms with Gasteiger partial charge in [0.05, 0.1) is 25.4 Å². The molecular weight excluding hydrogens is 410 g/mol. The monoisotopic (exact) mass is 435 g/mol. The van der Waals surface area contributed by atoms with Crippen LogP contribution in [0.3, 0.4) is 0 Å². The number of nitrogens with one attached hydrogen (secondary N) is 1. The molecule has 1 aromatic heterocycles. The Kier molecular flexibility index (Phi) is 8.23. The van der Waals surface area contributed by atoms with E-state index < -0.39 is 17.8 Å². The molecule has 8 nitrogen and oxygen atoms in total.